The molecule has 1 amide bonds. The molecule has 0 saturated heterocycles. The molecule has 3 fully saturated rings. The molecule has 0 aromatic carbocycles. The van der Waals surface area contributed by atoms with Gasteiger partial charge in [0.15, 0.2) is 5.82 Å². The van der Waals surface area contributed by atoms with Crippen LogP contribution in [0.1, 0.15) is 48.9 Å². The van der Waals surface area contributed by atoms with Crippen molar-refractivity contribution >= 4 is 28.3 Å². The third-order valence-corrected chi connectivity index (χ3v) is 6.09. The summed E-state index contributed by atoms with van der Waals surface area (Å²) < 4.78 is 4.15. The van der Waals surface area contributed by atoms with Gasteiger partial charge in [0.1, 0.15) is 10.6 Å². The summed E-state index contributed by atoms with van der Waals surface area (Å²) in [6.07, 6.45) is 7.72. The van der Waals surface area contributed by atoms with Gasteiger partial charge in [-0.2, -0.15) is 4.37 Å². The lowest BCUT2D eigenvalue weighted by Gasteiger charge is -2.22. The Labute approximate surface area is 128 Å². The van der Waals surface area contributed by atoms with Crippen molar-refractivity contribution in [3.63, 3.8) is 0 Å². The smallest absolute Gasteiger partial charge is 0.258 e. The summed E-state index contributed by atoms with van der Waals surface area (Å²) in [5, 5.41) is 7.29. The Morgan fingerprint density at radius 2 is 2.14 bits per heavy atom. The molecule has 5 nitrogen and oxygen atoms in total. The van der Waals surface area contributed by atoms with Crippen LogP contribution in [0.4, 0.5) is 10.8 Å². The maximum atomic E-state index is 12.3. The number of fused-ring (bicyclic) bond motifs is 2. The third kappa shape index (κ3) is 2.61. The van der Waals surface area contributed by atoms with E-state index in [0.717, 1.165) is 42.1 Å². The second-order valence-electron chi connectivity index (χ2n) is 6.84. The molecule has 2 bridgehead atoms. The first-order valence-corrected chi connectivity index (χ1v) is 8.78. The molecule has 4 N–H and O–H groups in total. The molecule has 3 saturated carbocycles. The van der Waals surface area contributed by atoms with Gasteiger partial charge >= 0.3 is 0 Å². The van der Waals surface area contributed by atoms with Gasteiger partial charge in [-0.1, -0.05) is 6.42 Å². The topological polar surface area (TPSA) is 80.0 Å². The lowest BCUT2D eigenvalue weighted by Crippen LogP contribution is -2.27. The number of hydrogen-bond acceptors (Lipinski definition) is 5. The van der Waals surface area contributed by atoms with Crippen LogP contribution in [0.5, 0.6) is 0 Å². The van der Waals surface area contributed by atoms with Crippen molar-refractivity contribution in [1.82, 2.24) is 9.69 Å². The van der Waals surface area contributed by atoms with Gasteiger partial charge in [-0.05, 0) is 61.4 Å². The molecule has 0 aliphatic heterocycles. The Balaban J connectivity index is 1.41. The number of carbonyl (C=O) groups excluding carboxylic acids is 1. The minimum Gasteiger partial charge on any atom is -0.382 e. The van der Waals surface area contributed by atoms with Crippen molar-refractivity contribution in [2.45, 2.75) is 44.6 Å². The molecule has 1 heterocycles. The average Bonchev–Trinajstić information content (AvgIpc) is 2.88. The molecule has 1 aromatic heterocycles. The molecule has 1 aromatic rings. The number of carbonyl (C=O) groups is 1. The van der Waals surface area contributed by atoms with Crippen LogP contribution in [-0.2, 0) is 0 Å². The van der Waals surface area contributed by atoms with Crippen LogP contribution in [0.25, 0.3) is 0 Å². The molecule has 6 heteroatoms. The normalized spacial score (nSPS) is 30.6. The molecule has 21 heavy (non-hydrogen) atoms. The van der Waals surface area contributed by atoms with E-state index in [1.165, 1.54) is 37.2 Å². The molecular weight excluding hydrogens is 284 g/mol. The van der Waals surface area contributed by atoms with Crippen LogP contribution >= 0.6 is 11.5 Å². The van der Waals surface area contributed by atoms with Crippen LogP contribution in [0, 0.1) is 17.8 Å². The highest BCUT2D eigenvalue weighted by Gasteiger charge is 2.39. The predicted octanol–water partition coefficient (Wildman–Crippen LogP) is 2.47. The monoisotopic (exact) mass is 306 g/mol. The first-order valence-electron chi connectivity index (χ1n) is 8.00. The maximum absolute atomic E-state index is 12.3. The number of aromatic nitrogens is 1. The molecule has 4 rings (SSSR count). The predicted molar refractivity (Wildman–Crippen MR) is 84.4 cm³/mol. The summed E-state index contributed by atoms with van der Waals surface area (Å²) in [7, 11) is 0. The van der Waals surface area contributed by atoms with Crippen LogP contribution in [0.15, 0.2) is 0 Å². The largest absolute Gasteiger partial charge is 0.382 e. The maximum Gasteiger partial charge on any atom is 0.258 e. The van der Waals surface area contributed by atoms with E-state index in [0.29, 0.717) is 17.4 Å². The molecule has 3 aliphatic carbocycles. The van der Waals surface area contributed by atoms with E-state index in [-0.39, 0.29) is 5.91 Å². The van der Waals surface area contributed by atoms with Gasteiger partial charge in [-0.3, -0.25) is 4.79 Å². The second kappa shape index (κ2) is 5.16. The quantitative estimate of drug-likeness (QED) is 0.780. The van der Waals surface area contributed by atoms with Crippen molar-refractivity contribution in [1.29, 1.82) is 0 Å². The number of amides is 1. The molecule has 3 aliphatic rings. The lowest BCUT2D eigenvalue weighted by molar-refractivity contribution is 0.0953. The van der Waals surface area contributed by atoms with Crippen LogP contribution in [-0.4, -0.2) is 22.9 Å². The van der Waals surface area contributed by atoms with Gasteiger partial charge < -0.3 is 16.4 Å². The number of nitrogens with one attached hydrogen (secondary N) is 2. The molecule has 0 radical (unpaired) electrons. The Hall–Kier alpha value is -1.30. The Kier molecular flexibility index (Phi) is 3.28. The first kappa shape index (κ1) is 13.4. The minimum atomic E-state index is -0.0702. The van der Waals surface area contributed by atoms with E-state index in [1.807, 2.05) is 0 Å². The van der Waals surface area contributed by atoms with Crippen molar-refractivity contribution in [3.8, 4) is 0 Å². The number of anilines is 2. The summed E-state index contributed by atoms with van der Waals surface area (Å²) in [4.78, 5) is 12.3. The summed E-state index contributed by atoms with van der Waals surface area (Å²) in [6.45, 7) is 0.951. The molecule has 114 valence electrons. The lowest BCUT2D eigenvalue weighted by atomic mass is 9.89. The van der Waals surface area contributed by atoms with Crippen molar-refractivity contribution < 1.29 is 4.79 Å². The number of nitrogens with two attached hydrogens (primary N) is 1. The van der Waals surface area contributed by atoms with Gasteiger partial charge in [-0.15, -0.1) is 0 Å². The van der Waals surface area contributed by atoms with Crippen molar-refractivity contribution in [3.05, 3.63) is 5.56 Å². The summed E-state index contributed by atoms with van der Waals surface area (Å²) in [5.41, 5.74) is 6.43. The third-order valence-electron chi connectivity index (χ3n) is 5.27. The van der Waals surface area contributed by atoms with E-state index < -0.39 is 0 Å². The highest BCUT2D eigenvalue weighted by molar-refractivity contribution is 7.11. The molecule has 3 unspecified atom stereocenters. The highest BCUT2D eigenvalue weighted by Crippen LogP contribution is 2.48. The summed E-state index contributed by atoms with van der Waals surface area (Å²) in [5.74, 6) is 2.88. The Morgan fingerprint density at radius 1 is 1.29 bits per heavy atom. The van der Waals surface area contributed by atoms with Crippen LogP contribution in [0.2, 0.25) is 0 Å². The Bertz CT molecular complexity index is 554. The van der Waals surface area contributed by atoms with Gasteiger partial charge in [0, 0.05) is 12.6 Å². The van der Waals surface area contributed by atoms with Gasteiger partial charge in [0.25, 0.3) is 5.91 Å². The van der Waals surface area contributed by atoms with Gasteiger partial charge in [0.2, 0.25) is 0 Å². The zero-order valence-electron chi connectivity index (χ0n) is 12.1. The van der Waals surface area contributed by atoms with Crippen LogP contribution in [0.3, 0.4) is 0 Å². The summed E-state index contributed by atoms with van der Waals surface area (Å²) in [6, 6.07) is 0.343. The van der Waals surface area contributed by atoms with E-state index in [2.05, 4.69) is 15.0 Å². The van der Waals surface area contributed by atoms with E-state index >= 15 is 0 Å². The van der Waals surface area contributed by atoms with Gasteiger partial charge in [-0.25, -0.2) is 0 Å². The van der Waals surface area contributed by atoms with E-state index in [4.69, 9.17) is 5.73 Å². The fraction of sp³-hybridized carbons (Fsp3) is 0.733. The number of nitrogen functional groups attached to an aromatic ring is 1. The van der Waals surface area contributed by atoms with Gasteiger partial charge in [0.05, 0.1) is 0 Å². The fourth-order valence-electron chi connectivity index (χ4n) is 3.98. The molecule has 3 atom stereocenters. The van der Waals surface area contributed by atoms with Crippen molar-refractivity contribution in [2.24, 2.45) is 17.8 Å². The van der Waals surface area contributed by atoms with Crippen molar-refractivity contribution in [2.75, 3.05) is 17.6 Å². The van der Waals surface area contributed by atoms with E-state index in [9.17, 15) is 4.79 Å². The zero-order chi connectivity index (χ0) is 14.4. The highest BCUT2D eigenvalue weighted by atomic mass is 32.1. The first-order chi connectivity index (χ1) is 10.2. The van der Waals surface area contributed by atoms with E-state index in [1.54, 1.807) is 0 Å². The molecular formula is C15H22N4OS. The van der Waals surface area contributed by atoms with Crippen LogP contribution < -0.4 is 16.4 Å². The standard InChI is InChI=1S/C15H22N4OS/c16-13-12(14(20)18-11-3-4-11)15(21-19-13)17-7-10-6-8-1-2-9(10)5-8/h8-11,17H,1-7H2,(H2,16,19)(H,18,20). The number of nitrogens with zero attached hydrogens (tertiary/aromatic N) is 1. The number of rotatable bonds is 5. The fourth-order valence-corrected chi connectivity index (χ4v) is 4.70. The second-order valence-corrected chi connectivity index (χ2v) is 7.61. The SMILES string of the molecule is Nc1nsc(NCC2CC3CCC2C3)c1C(=O)NC1CC1. The molecule has 0 spiro atoms. The summed E-state index contributed by atoms with van der Waals surface area (Å²) >= 11 is 1.31. The minimum absolute atomic E-state index is 0.0702. The zero-order valence-corrected chi connectivity index (χ0v) is 12.9. The Morgan fingerprint density at radius 3 is 2.81 bits per heavy atom. The average molecular weight is 306 g/mol. The number of hydrogen-bond donors (Lipinski definition) is 3.